The normalized spacial score (nSPS) is 11.4. The number of benzene rings is 1. The molecule has 0 aliphatic heterocycles. The summed E-state index contributed by atoms with van der Waals surface area (Å²) in [6.45, 7) is 3.59. The van der Waals surface area contributed by atoms with Crippen molar-refractivity contribution in [1.82, 2.24) is 19.7 Å². The molecule has 0 atom stereocenters. The molecular formula is C17H15F3N6O. The number of halogens is 3. The van der Waals surface area contributed by atoms with Crippen molar-refractivity contribution in [2.75, 3.05) is 5.32 Å². The van der Waals surface area contributed by atoms with E-state index >= 15 is 0 Å². The van der Waals surface area contributed by atoms with Gasteiger partial charge in [-0.1, -0.05) is 6.07 Å². The summed E-state index contributed by atoms with van der Waals surface area (Å²) in [6.07, 6.45) is -4.48. The monoisotopic (exact) mass is 376 g/mol. The first-order valence-electron chi connectivity index (χ1n) is 7.80. The molecule has 0 spiro atoms. The van der Waals surface area contributed by atoms with Gasteiger partial charge in [-0.15, -0.1) is 0 Å². The molecule has 0 fully saturated rings. The lowest BCUT2D eigenvalue weighted by molar-refractivity contribution is -0.137. The zero-order valence-corrected chi connectivity index (χ0v) is 14.4. The largest absolute Gasteiger partial charge is 0.416 e. The molecule has 0 aliphatic carbocycles. The van der Waals surface area contributed by atoms with Gasteiger partial charge in [-0.05, 0) is 38.1 Å². The van der Waals surface area contributed by atoms with Crippen LogP contribution < -0.4 is 11.1 Å². The summed E-state index contributed by atoms with van der Waals surface area (Å²) in [5.74, 6) is -0.612. The van der Waals surface area contributed by atoms with Gasteiger partial charge in [0.2, 0.25) is 5.95 Å². The van der Waals surface area contributed by atoms with Gasteiger partial charge in [-0.2, -0.15) is 23.3 Å². The minimum atomic E-state index is -4.48. The number of carbonyl (C=O) groups excluding carboxylic acids is 1. The van der Waals surface area contributed by atoms with Crippen LogP contribution in [0, 0.1) is 13.8 Å². The average molecular weight is 376 g/mol. The Hall–Kier alpha value is -3.43. The van der Waals surface area contributed by atoms with Crippen LogP contribution in [0.1, 0.15) is 27.4 Å². The van der Waals surface area contributed by atoms with Crippen LogP contribution in [0.2, 0.25) is 0 Å². The molecule has 0 unspecified atom stereocenters. The van der Waals surface area contributed by atoms with Crippen LogP contribution in [0.25, 0.3) is 5.82 Å². The molecule has 1 aromatic carbocycles. The van der Waals surface area contributed by atoms with Crippen molar-refractivity contribution in [3.05, 3.63) is 59.0 Å². The summed E-state index contributed by atoms with van der Waals surface area (Å²) in [4.78, 5) is 19.8. The number of nitrogens with one attached hydrogen (secondary N) is 1. The van der Waals surface area contributed by atoms with E-state index in [0.29, 0.717) is 0 Å². The van der Waals surface area contributed by atoms with Crippen LogP contribution in [0.3, 0.4) is 0 Å². The van der Waals surface area contributed by atoms with E-state index in [-0.39, 0.29) is 23.1 Å². The number of carbonyl (C=O) groups is 1. The molecule has 2 heterocycles. The predicted octanol–water partition coefficient (Wildman–Crippen LogP) is 3.14. The van der Waals surface area contributed by atoms with Gasteiger partial charge in [0, 0.05) is 17.4 Å². The number of aromatic nitrogens is 4. The van der Waals surface area contributed by atoms with Crippen molar-refractivity contribution in [1.29, 1.82) is 0 Å². The van der Waals surface area contributed by atoms with Gasteiger partial charge in [0.05, 0.1) is 11.3 Å². The van der Waals surface area contributed by atoms with E-state index < -0.39 is 17.6 Å². The van der Waals surface area contributed by atoms with Crippen LogP contribution in [0.4, 0.5) is 24.8 Å². The summed E-state index contributed by atoms with van der Waals surface area (Å²) in [6, 6.07) is 7.73. The molecule has 10 heteroatoms. The Morgan fingerprint density at radius 1 is 1.15 bits per heavy atom. The van der Waals surface area contributed by atoms with E-state index in [4.69, 9.17) is 5.73 Å². The average Bonchev–Trinajstić information content (AvgIpc) is 2.92. The molecular weight excluding hydrogens is 361 g/mol. The van der Waals surface area contributed by atoms with Crippen molar-refractivity contribution in [2.24, 2.45) is 5.73 Å². The van der Waals surface area contributed by atoms with Gasteiger partial charge >= 0.3 is 6.18 Å². The number of anilines is 2. The smallest absolute Gasteiger partial charge is 0.364 e. The van der Waals surface area contributed by atoms with E-state index in [1.807, 2.05) is 6.07 Å². The van der Waals surface area contributed by atoms with Crippen LogP contribution in [0.5, 0.6) is 0 Å². The number of aryl methyl sites for hydroxylation is 2. The third kappa shape index (κ3) is 4.05. The second-order valence-electron chi connectivity index (χ2n) is 5.84. The highest BCUT2D eigenvalue weighted by atomic mass is 19.4. The number of hydrogen-bond donors (Lipinski definition) is 2. The fourth-order valence-electron chi connectivity index (χ4n) is 2.49. The molecule has 140 valence electrons. The summed E-state index contributed by atoms with van der Waals surface area (Å²) < 4.78 is 40.1. The Morgan fingerprint density at radius 2 is 1.89 bits per heavy atom. The van der Waals surface area contributed by atoms with Crippen LogP contribution in [0.15, 0.2) is 36.4 Å². The Balaban J connectivity index is 2.03. The molecule has 3 aromatic rings. The Morgan fingerprint density at radius 3 is 2.48 bits per heavy atom. The van der Waals surface area contributed by atoms with Crippen LogP contribution in [-0.4, -0.2) is 25.7 Å². The quantitative estimate of drug-likeness (QED) is 0.729. The first-order valence-corrected chi connectivity index (χ1v) is 7.80. The summed E-state index contributed by atoms with van der Waals surface area (Å²) in [5.41, 5.74) is 6.00. The third-order valence-corrected chi connectivity index (χ3v) is 3.64. The van der Waals surface area contributed by atoms with E-state index in [0.717, 1.165) is 23.5 Å². The highest BCUT2D eigenvalue weighted by molar-refractivity contribution is 5.91. The molecule has 0 aliphatic rings. The third-order valence-electron chi connectivity index (χ3n) is 3.64. The number of amides is 1. The van der Waals surface area contributed by atoms with E-state index in [1.165, 1.54) is 22.9 Å². The Bertz CT molecular complexity index is 1010. The molecule has 27 heavy (non-hydrogen) atoms. The van der Waals surface area contributed by atoms with Crippen LogP contribution >= 0.6 is 0 Å². The lowest BCUT2D eigenvalue weighted by atomic mass is 10.2. The molecule has 0 bridgehead atoms. The van der Waals surface area contributed by atoms with E-state index in [2.05, 4.69) is 20.4 Å². The molecule has 0 saturated carbocycles. The second-order valence-corrected chi connectivity index (χ2v) is 5.84. The maximum Gasteiger partial charge on any atom is 0.416 e. The van der Waals surface area contributed by atoms with Gasteiger partial charge in [-0.25, -0.2) is 9.67 Å². The molecule has 3 N–H and O–H groups in total. The fraction of sp³-hybridized carbons (Fsp3) is 0.176. The van der Waals surface area contributed by atoms with E-state index in [1.54, 1.807) is 13.8 Å². The van der Waals surface area contributed by atoms with Crippen molar-refractivity contribution in [3.63, 3.8) is 0 Å². The first-order chi connectivity index (χ1) is 12.6. The van der Waals surface area contributed by atoms with Gasteiger partial charge in [0.15, 0.2) is 5.82 Å². The summed E-state index contributed by atoms with van der Waals surface area (Å²) >= 11 is 0. The summed E-state index contributed by atoms with van der Waals surface area (Å²) in [7, 11) is 0. The van der Waals surface area contributed by atoms with Crippen molar-refractivity contribution in [3.8, 4) is 5.82 Å². The number of primary amides is 1. The summed E-state index contributed by atoms with van der Waals surface area (Å²) in [5, 5.41) is 6.95. The molecule has 7 nitrogen and oxygen atoms in total. The number of nitrogens with two attached hydrogens (primary N) is 1. The van der Waals surface area contributed by atoms with Crippen LogP contribution in [-0.2, 0) is 6.18 Å². The number of rotatable bonds is 4. The van der Waals surface area contributed by atoms with Gasteiger partial charge in [-0.3, -0.25) is 4.79 Å². The van der Waals surface area contributed by atoms with Crippen molar-refractivity contribution in [2.45, 2.75) is 20.0 Å². The Kier molecular flexibility index (Phi) is 4.56. The van der Waals surface area contributed by atoms with Crippen molar-refractivity contribution < 1.29 is 18.0 Å². The highest BCUT2D eigenvalue weighted by Gasteiger charge is 2.30. The molecule has 1 amide bonds. The number of nitrogens with zero attached hydrogens (tertiary/aromatic N) is 4. The topological polar surface area (TPSA) is 98.7 Å². The number of hydrogen-bond acceptors (Lipinski definition) is 5. The van der Waals surface area contributed by atoms with E-state index in [9.17, 15) is 18.0 Å². The molecule has 0 radical (unpaired) electrons. The highest BCUT2D eigenvalue weighted by Crippen LogP contribution is 2.31. The van der Waals surface area contributed by atoms with Crippen molar-refractivity contribution >= 4 is 17.5 Å². The number of alkyl halides is 3. The molecule has 3 rings (SSSR count). The Labute approximate surface area is 152 Å². The maximum absolute atomic E-state index is 12.9. The van der Waals surface area contributed by atoms with Gasteiger partial charge < -0.3 is 11.1 Å². The molecule has 0 saturated heterocycles. The predicted molar refractivity (Wildman–Crippen MR) is 91.9 cm³/mol. The zero-order chi connectivity index (χ0) is 19.8. The van der Waals surface area contributed by atoms with Gasteiger partial charge in [0.25, 0.3) is 5.91 Å². The lowest BCUT2D eigenvalue weighted by Gasteiger charge is -2.11. The zero-order valence-electron chi connectivity index (χ0n) is 14.4. The van der Waals surface area contributed by atoms with Gasteiger partial charge in [0.1, 0.15) is 5.69 Å². The minimum absolute atomic E-state index is 0.0758. The second kappa shape index (κ2) is 6.71. The first kappa shape index (κ1) is 18.4. The molecule has 2 aromatic heterocycles. The fourth-order valence-corrected chi connectivity index (χ4v) is 2.49. The lowest BCUT2D eigenvalue weighted by Crippen LogP contribution is -2.16. The minimum Gasteiger partial charge on any atom is -0.364 e. The SMILES string of the molecule is Cc1cc(C)n(-c2cc(C(N)=O)nc(Nc3cccc(C(F)(F)F)c3)n2)n1. The standard InChI is InChI=1S/C17H15F3N6O/c1-9-6-10(2)26(25-9)14-8-13(15(21)27)23-16(24-14)22-12-5-3-4-11(7-12)17(18,19)20/h3-8H,1-2H3,(H2,21,27)(H,22,23,24). The maximum atomic E-state index is 12.9.